The molecule has 2 aliphatic rings. The summed E-state index contributed by atoms with van der Waals surface area (Å²) in [6, 6.07) is 6.36. The minimum absolute atomic E-state index is 0.0265. The second-order valence-corrected chi connectivity index (χ2v) is 5.77. The average Bonchev–Trinajstić information content (AvgIpc) is 2.87. The van der Waals surface area contributed by atoms with E-state index in [9.17, 15) is 19.6 Å². The fourth-order valence-corrected chi connectivity index (χ4v) is 2.86. The minimum atomic E-state index is -0.968. The van der Waals surface area contributed by atoms with E-state index in [1.54, 1.807) is 12.1 Å². The van der Waals surface area contributed by atoms with Crippen LogP contribution in [0.4, 0.5) is 0 Å². The zero-order chi connectivity index (χ0) is 18.0. The number of hydrogen-bond acceptors (Lipinski definition) is 6. The second kappa shape index (κ2) is 6.75. The van der Waals surface area contributed by atoms with Gasteiger partial charge in [0.25, 0.3) is 11.8 Å². The van der Waals surface area contributed by atoms with E-state index in [1.807, 2.05) is 0 Å². The van der Waals surface area contributed by atoms with Crippen LogP contribution in [0.25, 0.3) is 0 Å². The summed E-state index contributed by atoms with van der Waals surface area (Å²) in [6.45, 7) is -0.118. The number of carboxylic acid groups (broad SMARTS) is 1. The van der Waals surface area contributed by atoms with Gasteiger partial charge < -0.3 is 15.2 Å². The lowest BCUT2D eigenvalue weighted by Crippen LogP contribution is -2.42. The van der Waals surface area contributed by atoms with Gasteiger partial charge in [0.2, 0.25) is 12.0 Å². The van der Waals surface area contributed by atoms with E-state index in [1.165, 1.54) is 17.1 Å². The van der Waals surface area contributed by atoms with Crippen LogP contribution in [0.2, 0.25) is 0 Å². The number of nitrogens with zero attached hydrogens (tertiary/aromatic N) is 4. The molecule has 0 bridgehead atoms. The Morgan fingerprint density at radius 2 is 1.96 bits per heavy atom. The first-order chi connectivity index (χ1) is 12.0. The summed E-state index contributed by atoms with van der Waals surface area (Å²) < 4.78 is 0. The molecule has 25 heavy (non-hydrogen) atoms. The molecule has 1 N–H and O–H groups in total. The van der Waals surface area contributed by atoms with Gasteiger partial charge >= 0.3 is 5.97 Å². The van der Waals surface area contributed by atoms with E-state index in [0.29, 0.717) is 19.4 Å². The van der Waals surface area contributed by atoms with E-state index in [4.69, 9.17) is 9.94 Å². The number of benzene rings is 1. The number of hydrazine groups is 1. The highest BCUT2D eigenvalue weighted by Gasteiger charge is 2.36. The molecule has 1 unspecified atom stereocenters. The summed E-state index contributed by atoms with van der Waals surface area (Å²) in [7, 11) is 0. The van der Waals surface area contributed by atoms with Crippen LogP contribution < -0.4 is 0 Å². The van der Waals surface area contributed by atoms with Crippen LogP contribution in [-0.4, -0.2) is 57.6 Å². The fraction of sp³-hybridized carbons (Fsp3) is 0.400. The molecule has 0 radical (unpaired) electrons. The van der Waals surface area contributed by atoms with E-state index < -0.39 is 30.4 Å². The first-order valence-electron chi connectivity index (χ1n) is 7.72. The molecule has 0 aromatic heterocycles. The standard InChI is InChI=1S/C15H16N4O6/c20-13-11-5-1-2-6-12(11)14(21)18(13)9-25-16-19(24)17-7-3-4-10(8-17)15(22)23/h1-2,5-6,10H,3-4,7-9H2,(H,22,23)/b19-16-. The first-order valence-corrected chi connectivity index (χ1v) is 7.72. The van der Waals surface area contributed by atoms with Crippen molar-refractivity contribution in [3.8, 4) is 0 Å². The van der Waals surface area contributed by atoms with Crippen molar-refractivity contribution in [2.45, 2.75) is 12.8 Å². The van der Waals surface area contributed by atoms with Crippen molar-refractivity contribution in [3.63, 3.8) is 0 Å². The van der Waals surface area contributed by atoms with Gasteiger partial charge in [0, 0.05) is 0 Å². The number of amides is 2. The predicted octanol–water partition coefficient (Wildman–Crippen LogP) is 0.846. The minimum Gasteiger partial charge on any atom is -0.569 e. The maximum atomic E-state index is 12.1. The molecule has 132 valence electrons. The van der Waals surface area contributed by atoms with Crippen LogP contribution in [0, 0.1) is 11.1 Å². The Bertz CT molecular complexity index is 714. The number of piperidine rings is 1. The molecule has 0 aliphatic carbocycles. The molecule has 1 atom stereocenters. The number of imide groups is 1. The Hall–Kier alpha value is -3.17. The zero-order valence-electron chi connectivity index (χ0n) is 13.2. The Kier molecular flexibility index (Phi) is 4.50. The van der Waals surface area contributed by atoms with Crippen molar-refractivity contribution in [2.24, 2.45) is 11.2 Å². The number of carbonyl (C=O) groups is 3. The molecule has 0 saturated carbocycles. The Morgan fingerprint density at radius 3 is 2.56 bits per heavy atom. The van der Waals surface area contributed by atoms with Crippen LogP contribution >= 0.6 is 0 Å². The van der Waals surface area contributed by atoms with Gasteiger partial charge in [-0.25, -0.2) is 4.90 Å². The molecule has 0 spiro atoms. The summed E-state index contributed by atoms with van der Waals surface area (Å²) in [4.78, 5) is 41.1. The molecule has 1 aromatic rings. The Morgan fingerprint density at radius 1 is 1.32 bits per heavy atom. The summed E-state index contributed by atoms with van der Waals surface area (Å²) in [5.74, 6) is -2.64. The summed E-state index contributed by atoms with van der Waals surface area (Å²) in [5.41, 5.74) is 0.547. The molecular formula is C15H16N4O6. The zero-order valence-corrected chi connectivity index (χ0v) is 13.2. The molecule has 1 aromatic carbocycles. The second-order valence-electron chi connectivity index (χ2n) is 5.77. The third kappa shape index (κ3) is 3.23. The molecule has 2 heterocycles. The smallest absolute Gasteiger partial charge is 0.308 e. The number of fused-ring (bicyclic) bond motifs is 1. The Labute approximate surface area is 142 Å². The van der Waals surface area contributed by atoms with Crippen molar-refractivity contribution < 1.29 is 29.3 Å². The molecule has 1 saturated heterocycles. The highest BCUT2D eigenvalue weighted by atomic mass is 16.7. The molecule has 1 fully saturated rings. The summed E-state index contributed by atoms with van der Waals surface area (Å²) >= 11 is 0. The van der Waals surface area contributed by atoms with Gasteiger partial charge in [-0.1, -0.05) is 12.1 Å². The summed E-state index contributed by atoms with van der Waals surface area (Å²) in [6.07, 6.45) is 1.04. The van der Waals surface area contributed by atoms with Crippen molar-refractivity contribution >= 4 is 17.8 Å². The van der Waals surface area contributed by atoms with Gasteiger partial charge in [0.05, 0.1) is 35.1 Å². The predicted molar refractivity (Wildman–Crippen MR) is 80.9 cm³/mol. The monoisotopic (exact) mass is 348 g/mol. The molecule has 10 nitrogen and oxygen atoms in total. The highest BCUT2D eigenvalue weighted by molar-refractivity contribution is 6.21. The maximum absolute atomic E-state index is 12.1. The van der Waals surface area contributed by atoms with Gasteiger partial charge in [-0.2, -0.15) is 0 Å². The van der Waals surface area contributed by atoms with E-state index in [2.05, 4.69) is 5.28 Å². The first kappa shape index (κ1) is 16.7. The molecule has 10 heteroatoms. The molecular weight excluding hydrogens is 332 g/mol. The third-order valence-electron chi connectivity index (χ3n) is 4.18. The van der Waals surface area contributed by atoms with Gasteiger partial charge in [-0.3, -0.25) is 14.4 Å². The maximum Gasteiger partial charge on any atom is 0.308 e. The van der Waals surface area contributed by atoms with Crippen molar-refractivity contribution in [2.75, 3.05) is 19.8 Å². The van der Waals surface area contributed by atoms with Crippen LogP contribution in [0.5, 0.6) is 0 Å². The Balaban J connectivity index is 1.59. The topological polar surface area (TPSA) is 126 Å². The van der Waals surface area contributed by atoms with Gasteiger partial charge in [0.15, 0.2) is 0 Å². The third-order valence-corrected chi connectivity index (χ3v) is 4.18. The van der Waals surface area contributed by atoms with Crippen molar-refractivity contribution in [1.82, 2.24) is 9.91 Å². The average molecular weight is 348 g/mol. The number of carbonyl (C=O) groups excluding carboxylic acids is 2. The quantitative estimate of drug-likeness (QED) is 0.362. The van der Waals surface area contributed by atoms with Crippen LogP contribution in [0.15, 0.2) is 29.5 Å². The van der Waals surface area contributed by atoms with Gasteiger partial charge in [0.1, 0.15) is 0 Å². The van der Waals surface area contributed by atoms with Gasteiger partial charge in [-0.05, 0) is 25.0 Å². The number of rotatable bonds is 5. The summed E-state index contributed by atoms with van der Waals surface area (Å²) in [5, 5.41) is 25.4. The highest BCUT2D eigenvalue weighted by Crippen LogP contribution is 2.22. The SMILES string of the molecule is O=C(O)C1CCCN(/[N+]([O-])=N/OCN2C(=O)c3ccccc3C2=O)C1. The van der Waals surface area contributed by atoms with E-state index in [-0.39, 0.29) is 22.6 Å². The largest absolute Gasteiger partial charge is 0.569 e. The van der Waals surface area contributed by atoms with E-state index in [0.717, 1.165) is 4.90 Å². The van der Waals surface area contributed by atoms with Gasteiger partial charge in [-0.15, -0.1) is 5.01 Å². The number of carboxylic acids is 1. The lowest BCUT2D eigenvalue weighted by atomic mass is 10.00. The lowest BCUT2D eigenvalue weighted by molar-refractivity contribution is -0.714. The van der Waals surface area contributed by atoms with Crippen LogP contribution in [0.3, 0.4) is 0 Å². The normalized spacial score (nSPS) is 20.6. The molecule has 2 amide bonds. The van der Waals surface area contributed by atoms with Crippen LogP contribution in [0.1, 0.15) is 33.6 Å². The lowest BCUT2D eigenvalue weighted by Gasteiger charge is -2.26. The van der Waals surface area contributed by atoms with Crippen molar-refractivity contribution in [1.29, 1.82) is 0 Å². The van der Waals surface area contributed by atoms with E-state index >= 15 is 0 Å². The number of aliphatic carboxylic acids is 1. The molecule has 2 aliphatic heterocycles. The fourth-order valence-electron chi connectivity index (χ4n) is 2.86. The van der Waals surface area contributed by atoms with Crippen molar-refractivity contribution in [3.05, 3.63) is 40.6 Å². The van der Waals surface area contributed by atoms with Crippen LogP contribution in [-0.2, 0) is 9.63 Å². The molecule has 3 rings (SSSR count). The number of hydrogen-bond donors (Lipinski definition) is 1.